The van der Waals surface area contributed by atoms with Crippen LogP contribution in [0, 0.1) is 0 Å². The van der Waals surface area contributed by atoms with Crippen LogP contribution in [-0.2, 0) is 19.1 Å². The zero-order valence-electron chi connectivity index (χ0n) is 18.7. The van der Waals surface area contributed by atoms with Gasteiger partial charge in [0.2, 0.25) is 0 Å². The number of piperazine rings is 1. The van der Waals surface area contributed by atoms with Crippen LogP contribution in [0.5, 0.6) is 0 Å². The van der Waals surface area contributed by atoms with Crippen LogP contribution < -0.4 is 5.32 Å². The van der Waals surface area contributed by atoms with Crippen LogP contribution in [0.3, 0.4) is 0 Å². The minimum absolute atomic E-state index is 0.000330. The van der Waals surface area contributed by atoms with Crippen molar-refractivity contribution in [1.82, 2.24) is 14.7 Å². The summed E-state index contributed by atoms with van der Waals surface area (Å²) in [6, 6.07) is 6.69. The second-order valence-electron chi connectivity index (χ2n) is 7.44. The highest BCUT2D eigenvalue weighted by molar-refractivity contribution is 6.10. The Labute approximate surface area is 191 Å². The molecule has 1 fully saturated rings. The van der Waals surface area contributed by atoms with Gasteiger partial charge in [0, 0.05) is 32.7 Å². The van der Waals surface area contributed by atoms with Crippen LogP contribution >= 0.6 is 0 Å². The van der Waals surface area contributed by atoms with E-state index in [2.05, 4.69) is 5.32 Å². The number of β-amino-alcohol motifs (C(OH)–C–C–N with tert-alkyl or cyclic N) is 1. The third kappa shape index (κ3) is 5.25. The van der Waals surface area contributed by atoms with Gasteiger partial charge in [-0.25, -0.2) is 9.59 Å². The molecule has 3 rings (SSSR count). The summed E-state index contributed by atoms with van der Waals surface area (Å²) in [6.07, 6.45) is -0.402. The Morgan fingerprint density at radius 3 is 2.39 bits per heavy atom. The van der Waals surface area contributed by atoms with Crippen LogP contribution in [-0.4, -0.2) is 103 Å². The zero-order valence-corrected chi connectivity index (χ0v) is 18.7. The number of amides is 3. The number of hydrogen-bond acceptors (Lipinski definition) is 8. The highest BCUT2D eigenvalue weighted by Crippen LogP contribution is 2.26. The standard InChI is InChI=1S/C22H28N4O7/c1-3-33-22(31)25-10-8-24(9-11-25)19(28)15-6-4-5-7-17(15)23-18-16(21(30)32-2)14-26(12-13-27)20(18)29/h4-7,23,27H,3,8-14H2,1-2H3. The van der Waals surface area contributed by atoms with E-state index in [9.17, 15) is 24.3 Å². The lowest BCUT2D eigenvalue weighted by Gasteiger charge is -2.34. The van der Waals surface area contributed by atoms with Gasteiger partial charge < -0.3 is 34.6 Å². The number of rotatable bonds is 7. The number of carbonyl (C=O) groups excluding carboxylic acids is 4. The summed E-state index contributed by atoms with van der Waals surface area (Å²) >= 11 is 0. The maximum absolute atomic E-state index is 13.2. The number of benzene rings is 1. The number of carbonyl (C=O) groups is 4. The molecule has 0 spiro atoms. The third-order valence-corrected chi connectivity index (χ3v) is 5.46. The van der Waals surface area contributed by atoms with Crippen molar-refractivity contribution < 1.29 is 33.8 Å². The van der Waals surface area contributed by atoms with Gasteiger partial charge in [0.25, 0.3) is 11.8 Å². The summed E-state index contributed by atoms with van der Waals surface area (Å²) < 4.78 is 9.81. The van der Waals surface area contributed by atoms with E-state index < -0.39 is 18.0 Å². The second-order valence-corrected chi connectivity index (χ2v) is 7.44. The van der Waals surface area contributed by atoms with E-state index in [-0.39, 0.29) is 43.5 Å². The van der Waals surface area contributed by atoms with Crippen LogP contribution in [0.4, 0.5) is 10.5 Å². The Balaban J connectivity index is 1.79. The number of hydrogen-bond donors (Lipinski definition) is 2. The molecule has 0 radical (unpaired) electrons. The van der Waals surface area contributed by atoms with Crippen LogP contribution in [0.25, 0.3) is 0 Å². The Morgan fingerprint density at radius 1 is 1.09 bits per heavy atom. The molecule has 0 aromatic heterocycles. The summed E-state index contributed by atoms with van der Waals surface area (Å²) in [5.74, 6) is -1.39. The summed E-state index contributed by atoms with van der Waals surface area (Å²) in [6.45, 7) is 3.22. The highest BCUT2D eigenvalue weighted by Gasteiger charge is 2.35. The van der Waals surface area contributed by atoms with Crippen molar-refractivity contribution in [3.05, 3.63) is 41.1 Å². The Kier molecular flexibility index (Phi) is 7.88. The van der Waals surface area contributed by atoms with Crippen molar-refractivity contribution in [3.8, 4) is 0 Å². The molecule has 0 saturated carbocycles. The first kappa shape index (κ1) is 24.1. The molecular formula is C22H28N4O7. The van der Waals surface area contributed by atoms with Crippen molar-refractivity contribution in [3.63, 3.8) is 0 Å². The fourth-order valence-corrected chi connectivity index (χ4v) is 3.74. The molecule has 11 nitrogen and oxygen atoms in total. The number of aliphatic hydroxyl groups excluding tert-OH is 1. The van der Waals surface area contributed by atoms with E-state index in [1.807, 2.05) is 0 Å². The predicted molar refractivity (Wildman–Crippen MR) is 117 cm³/mol. The lowest BCUT2D eigenvalue weighted by molar-refractivity contribution is -0.136. The van der Waals surface area contributed by atoms with Crippen LogP contribution in [0.1, 0.15) is 17.3 Å². The Hall–Kier alpha value is -3.60. The van der Waals surface area contributed by atoms with Crippen LogP contribution in [0.2, 0.25) is 0 Å². The average molecular weight is 460 g/mol. The molecule has 178 valence electrons. The monoisotopic (exact) mass is 460 g/mol. The van der Waals surface area contributed by atoms with Gasteiger partial charge in [-0.2, -0.15) is 0 Å². The van der Waals surface area contributed by atoms with Crippen molar-refractivity contribution >= 4 is 29.6 Å². The molecule has 1 saturated heterocycles. The number of esters is 1. The number of anilines is 1. The average Bonchev–Trinajstić information content (AvgIpc) is 3.14. The summed E-state index contributed by atoms with van der Waals surface area (Å²) in [4.78, 5) is 54.7. The second kappa shape index (κ2) is 10.8. The lowest BCUT2D eigenvalue weighted by Crippen LogP contribution is -2.50. The van der Waals surface area contributed by atoms with Crippen molar-refractivity contribution in [2.24, 2.45) is 0 Å². The van der Waals surface area contributed by atoms with Gasteiger partial charge in [0.05, 0.1) is 43.7 Å². The molecule has 3 amide bonds. The normalized spacial score (nSPS) is 16.2. The topological polar surface area (TPSA) is 129 Å². The van der Waals surface area contributed by atoms with E-state index >= 15 is 0 Å². The Morgan fingerprint density at radius 2 is 1.76 bits per heavy atom. The molecule has 2 heterocycles. The lowest BCUT2D eigenvalue weighted by atomic mass is 10.1. The molecule has 2 aliphatic heterocycles. The van der Waals surface area contributed by atoms with Gasteiger partial charge in [-0.15, -0.1) is 0 Å². The third-order valence-electron chi connectivity index (χ3n) is 5.46. The van der Waals surface area contributed by atoms with Gasteiger partial charge in [0.15, 0.2) is 0 Å². The molecule has 1 aromatic rings. The number of methoxy groups -OCH3 is 1. The van der Waals surface area contributed by atoms with Gasteiger partial charge >= 0.3 is 12.1 Å². The SMILES string of the molecule is CCOC(=O)N1CCN(C(=O)c2ccccc2NC2=C(C(=O)OC)CN(CCO)C2=O)CC1. The number of para-hydroxylation sites is 1. The molecule has 0 bridgehead atoms. The predicted octanol–water partition coefficient (Wildman–Crippen LogP) is 0.274. The van der Waals surface area contributed by atoms with E-state index in [1.54, 1.807) is 41.0 Å². The molecule has 1 aromatic carbocycles. The quantitative estimate of drug-likeness (QED) is 0.555. The van der Waals surface area contributed by atoms with Gasteiger partial charge in [-0.1, -0.05) is 12.1 Å². The van der Waals surface area contributed by atoms with E-state index in [4.69, 9.17) is 9.47 Å². The van der Waals surface area contributed by atoms with Crippen molar-refractivity contribution in [1.29, 1.82) is 0 Å². The van der Waals surface area contributed by atoms with E-state index in [1.165, 1.54) is 12.0 Å². The maximum Gasteiger partial charge on any atom is 0.409 e. The maximum atomic E-state index is 13.2. The number of aliphatic hydroxyl groups is 1. The molecule has 2 aliphatic rings. The van der Waals surface area contributed by atoms with Crippen molar-refractivity contribution in [2.75, 3.05) is 64.9 Å². The minimum atomic E-state index is -0.662. The molecule has 0 aliphatic carbocycles. The summed E-state index contributed by atoms with van der Waals surface area (Å²) in [5.41, 5.74) is 0.835. The fourth-order valence-electron chi connectivity index (χ4n) is 3.74. The van der Waals surface area contributed by atoms with E-state index in [0.717, 1.165) is 0 Å². The highest BCUT2D eigenvalue weighted by atomic mass is 16.6. The molecule has 33 heavy (non-hydrogen) atoms. The summed E-state index contributed by atoms with van der Waals surface area (Å²) in [7, 11) is 1.22. The molecule has 11 heteroatoms. The number of nitrogens with zero attached hydrogens (tertiary/aromatic N) is 3. The molecule has 2 N–H and O–H groups in total. The minimum Gasteiger partial charge on any atom is -0.466 e. The molecular weight excluding hydrogens is 432 g/mol. The Bertz CT molecular complexity index is 954. The number of ether oxygens (including phenoxy) is 2. The van der Waals surface area contributed by atoms with Gasteiger partial charge in [0.1, 0.15) is 5.70 Å². The fraction of sp³-hybridized carbons (Fsp3) is 0.455. The van der Waals surface area contributed by atoms with E-state index in [0.29, 0.717) is 37.4 Å². The first-order valence-electron chi connectivity index (χ1n) is 10.7. The zero-order chi connectivity index (χ0) is 24.0. The van der Waals surface area contributed by atoms with Gasteiger partial charge in [-0.3, -0.25) is 9.59 Å². The van der Waals surface area contributed by atoms with Crippen molar-refractivity contribution in [2.45, 2.75) is 6.92 Å². The smallest absolute Gasteiger partial charge is 0.409 e. The number of nitrogens with one attached hydrogen (secondary N) is 1. The van der Waals surface area contributed by atoms with Gasteiger partial charge in [-0.05, 0) is 19.1 Å². The largest absolute Gasteiger partial charge is 0.466 e. The van der Waals surface area contributed by atoms with Crippen LogP contribution in [0.15, 0.2) is 35.5 Å². The molecule has 0 atom stereocenters. The first-order chi connectivity index (χ1) is 15.9. The first-order valence-corrected chi connectivity index (χ1v) is 10.7. The summed E-state index contributed by atoms with van der Waals surface area (Å²) in [5, 5.41) is 12.2. The molecule has 0 unspecified atom stereocenters.